The molecule has 112 valence electrons. The van der Waals surface area contributed by atoms with Gasteiger partial charge in [-0.15, -0.1) is 0 Å². The van der Waals surface area contributed by atoms with Crippen LogP contribution < -0.4 is 14.8 Å². The zero-order valence-electron chi connectivity index (χ0n) is 12.4. The largest absolute Gasteiger partial charge is 0.490 e. The number of hydrogen-bond donors (Lipinski definition) is 2. The van der Waals surface area contributed by atoms with E-state index >= 15 is 0 Å². The Hall–Kier alpha value is -1.26. The summed E-state index contributed by atoms with van der Waals surface area (Å²) in [7, 11) is 0. The van der Waals surface area contributed by atoms with Crippen LogP contribution in [0.25, 0.3) is 0 Å². The summed E-state index contributed by atoms with van der Waals surface area (Å²) in [6.45, 7) is 6.20. The van der Waals surface area contributed by atoms with Crippen LogP contribution in [-0.2, 0) is 0 Å². The summed E-state index contributed by atoms with van der Waals surface area (Å²) >= 11 is 0. The van der Waals surface area contributed by atoms with Crippen molar-refractivity contribution in [3.8, 4) is 11.5 Å². The van der Waals surface area contributed by atoms with E-state index in [0.29, 0.717) is 19.8 Å². The summed E-state index contributed by atoms with van der Waals surface area (Å²) in [6.07, 6.45) is 2.48. The molecule has 0 saturated heterocycles. The molecule has 1 aromatic rings. The zero-order valence-corrected chi connectivity index (χ0v) is 12.4. The number of aliphatic hydroxyl groups excluding tert-OH is 1. The molecule has 0 bridgehead atoms. The lowest BCUT2D eigenvalue weighted by atomic mass is 10.1. The average molecular weight is 279 g/mol. The third kappa shape index (κ3) is 4.12. The van der Waals surface area contributed by atoms with Gasteiger partial charge in [-0.25, -0.2) is 0 Å². The van der Waals surface area contributed by atoms with Gasteiger partial charge >= 0.3 is 0 Å². The molecule has 0 saturated carbocycles. The maximum absolute atomic E-state index is 9.77. The Kier molecular flexibility index (Phi) is 5.68. The molecule has 0 spiro atoms. The van der Waals surface area contributed by atoms with Gasteiger partial charge in [0, 0.05) is 19.0 Å². The first-order chi connectivity index (χ1) is 9.70. The van der Waals surface area contributed by atoms with E-state index in [1.165, 1.54) is 0 Å². The topological polar surface area (TPSA) is 50.7 Å². The standard InChI is InChI=1S/C16H25NO3/c1-3-5-14(18)11-17-12(2)13-6-7-15-16(10-13)20-9-4-8-19-15/h6-7,10,12,14,17-18H,3-5,8-9,11H2,1-2H3. The summed E-state index contributed by atoms with van der Waals surface area (Å²) < 4.78 is 11.3. The van der Waals surface area contributed by atoms with E-state index in [0.717, 1.165) is 36.3 Å². The van der Waals surface area contributed by atoms with Crippen molar-refractivity contribution in [2.75, 3.05) is 19.8 Å². The van der Waals surface area contributed by atoms with Crippen LogP contribution in [0.3, 0.4) is 0 Å². The molecule has 0 radical (unpaired) electrons. The summed E-state index contributed by atoms with van der Waals surface area (Å²) in [6, 6.07) is 6.23. The molecular weight excluding hydrogens is 254 g/mol. The van der Waals surface area contributed by atoms with E-state index < -0.39 is 0 Å². The van der Waals surface area contributed by atoms with E-state index in [2.05, 4.69) is 25.2 Å². The van der Waals surface area contributed by atoms with Gasteiger partial charge in [0.25, 0.3) is 0 Å². The first kappa shape index (κ1) is 15.1. The normalized spacial score (nSPS) is 17.4. The van der Waals surface area contributed by atoms with Gasteiger partial charge in [0.05, 0.1) is 19.3 Å². The summed E-state index contributed by atoms with van der Waals surface area (Å²) in [5.41, 5.74) is 1.15. The molecule has 4 nitrogen and oxygen atoms in total. The predicted octanol–water partition coefficient (Wildman–Crippen LogP) is 2.66. The number of benzene rings is 1. The second-order valence-electron chi connectivity index (χ2n) is 5.33. The minimum atomic E-state index is -0.275. The minimum Gasteiger partial charge on any atom is -0.490 e. The number of ether oxygens (including phenoxy) is 2. The van der Waals surface area contributed by atoms with Crippen molar-refractivity contribution in [2.24, 2.45) is 0 Å². The molecular formula is C16H25NO3. The molecule has 20 heavy (non-hydrogen) atoms. The van der Waals surface area contributed by atoms with Crippen molar-refractivity contribution >= 4 is 0 Å². The molecule has 4 heteroatoms. The Balaban J connectivity index is 1.96. The van der Waals surface area contributed by atoms with Gasteiger partial charge in [0.1, 0.15) is 0 Å². The average Bonchev–Trinajstić information content (AvgIpc) is 2.69. The lowest BCUT2D eigenvalue weighted by molar-refractivity contribution is 0.157. The van der Waals surface area contributed by atoms with E-state index in [1.807, 2.05) is 12.1 Å². The van der Waals surface area contributed by atoms with Gasteiger partial charge in [0.15, 0.2) is 11.5 Å². The Morgan fingerprint density at radius 3 is 2.75 bits per heavy atom. The number of aliphatic hydroxyl groups is 1. The van der Waals surface area contributed by atoms with Crippen LogP contribution in [0.15, 0.2) is 18.2 Å². The Morgan fingerprint density at radius 2 is 2.00 bits per heavy atom. The van der Waals surface area contributed by atoms with Crippen LogP contribution >= 0.6 is 0 Å². The molecule has 2 N–H and O–H groups in total. The Labute approximate surface area is 121 Å². The lowest BCUT2D eigenvalue weighted by Crippen LogP contribution is -2.28. The SMILES string of the molecule is CCCC(O)CNC(C)c1ccc2c(c1)OCCCO2. The molecule has 1 heterocycles. The van der Waals surface area contributed by atoms with Crippen molar-refractivity contribution in [3.63, 3.8) is 0 Å². The molecule has 1 aliphatic heterocycles. The van der Waals surface area contributed by atoms with Crippen LogP contribution in [0.2, 0.25) is 0 Å². The maximum atomic E-state index is 9.77. The van der Waals surface area contributed by atoms with Gasteiger partial charge in [-0.1, -0.05) is 19.4 Å². The summed E-state index contributed by atoms with van der Waals surface area (Å²) in [5.74, 6) is 1.65. The first-order valence-electron chi connectivity index (χ1n) is 7.51. The molecule has 1 aliphatic rings. The molecule has 2 unspecified atom stereocenters. The van der Waals surface area contributed by atoms with Gasteiger partial charge < -0.3 is 19.9 Å². The highest BCUT2D eigenvalue weighted by molar-refractivity contribution is 5.44. The number of nitrogens with one attached hydrogen (secondary N) is 1. The third-order valence-electron chi connectivity index (χ3n) is 3.55. The number of fused-ring (bicyclic) bond motifs is 1. The van der Waals surface area contributed by atoms with Gasteiger partial charge in [0.2, 0.25) is 0 Å². The number of rotatable bonds is 6. The predicted molar refractivity (Wildman–Crippen MR) is 79.4 cm³/mol. The Morgan fingerprint density at radius 1 is 1.25 bits per heavy atom. The first-order valence-corrected chi connectivity index (χ1v) is 7.51. The van der Waals surface area contributed by atoms with Crippen LogP contribution in [0, 0.1) is 0 Å². The zero-order chi connectivity index (χ0) is 14.4. The quantitative estimate of drug-likeness (QED) is 0.840. The fourth-order valence-corrected chi connectivity index (χ4v) is 2.32. The van der Waals surface area contributed by atoms with Crippen molar-refractivity contribution in [2.45, 2.75) is 45.3 Å². The summed E-state index contributed by atoms with van der Waals surface area (Å²) in [4.78, 5) is 0. The maximum Gasteiger partial charge on any atom is 0.161 e. The Bertz CT molecular complexity index is 422. The second-order valence-corrected chi connectivity index (χ2v) is 5.33. The molecule has 1 aromatic carbocycles. The number of hydrogen-bond acceptors (Lipinski definition) is 4. The van der Waals surface area contributed by atoms with Crippen LogP contribution in [0.1, 0.15) is 44.7 Å². The van der Waals surface area contributed by atoms with Crippen LogP contribution in [0.5, 0.6) is 11.5 Å². The van der Waals surface area contributed by atoms with Gasteiger partial charge in [-0.05, 0) is 31.0 Å². The second kappa shape index (κ2) is 7.50. The van der Waals surface area contributed by atoms with Gasteiger partial charge in [-0.3, -0.25) is 0 Å². The van der Waals surface area contributed by atoms with Crippen molar-refractivity contribution in [3.05, 3.63) is 23.8 Å². The highest BCUT2D eigenvalue weighted by Crippen LogP contribution is 2.32. The monoisotopic (exact) mass is 279 g/mol. The highest BCUT2D eigenvalue weighted by atomic mass is 16.5. The fraction of sp³-hybridized carbons (Fsp3) is 0.625. The smallest absolute Gasteiger partial charge is 0.161 e. The van der Waals surface area contributed by atoms with Crippen molar-refractivity contribution < 1.29 is 14.6 Å². The molecule has 2 atom stereocenters. The van der Waals surface area contributed by atoms with Crippen LogP contribution in [0.4, 0.5) is 0 Å². The molecule has 0 aliphatic carbocycles. The third-order valence-corrected chi connectivity index (χ3v) is 3.55. The fourth-order valence-electron chi connectivity index (χ4n) is 2.32. The highest BCUT2D eigenvalue weighted by Gasteiger charge is 2.14. The molecule has 0 amide bonds. The molecule has 2 rings (SSSR count). The lowest BCUT2D eigenvalue weighted by Gasteiger charge is -2.18. The van der Waals surface area contributed by atoms with Crippen LogP contribution in [-0.4, -0.2) is 31.0 Å². The van der Waals surface area contributed by atoms with Crippen molar-refractivity contribution in [1.82, 2.24) is 5.32 Å². The van der Waals surface area contributed by atoms with E-state index in [1.54, 1.807) is 0 Å². The van der Waals surface area contributed by atoms with Crippen molar-refractivity contribution in [1.29, 1.82) is 0 Å². The minimum absolute atomic E-state index is 0.179. The molecule has 0 aromatic heterocycles. The van der Waals surface area contributed by atoms with Gasteiger partial charge in [-0.2, -0.15) is 0 Å². The van der Waals surface area contributed by atoms with E-state index in [9.17, 15) is 5.11 Å². The summed E-state index contributed by atoms with van der Waals surface area (Å²) in [5, 5.41) is 13.1. The van der Waals surface area contributed by atoms with E-state index in [4.69, 9.17) is 9.47 Å². The molecule has 0 fully saturated rings. The van der Waals surface area contributed by atoms with E-state index in [-0.39, 0.29) is 12.1 Å².